The molecule has 6 heteroatoms. The normalized spacial score (nSPS) is 11.4. The van der Waals surface area contributed by atoms with Gasteiger partial charge in [0, 0.05) is 11.2 Å². The highest BCUT2D eigenvalue weighted by molar-refractivity contribution is 6.30. The first kappa shape index (κ1) is 18.9. The van der Waals surface area contributed by atoms with Crippen molar-refractivity contribution in [1.82, 2.24) is 10.3 Å². The predicted molar refractivity (Wildman–Crippen MR) is 106 cm³/mol. The molecule has 0 bridgehead atoms. The van der Waals surface area contributed by atoms with Crippen molar-refractivity contribution in [3.8, 4) is 6.07 Å². The standard InChI is InChI=1S/C21H15Cl2N3O/c22-17-7-5-16(6-8-17)21(19-10-9-18(23)13-25-19)26-20(27)11-14-1-3-15(12-24)4-2-14/h1-10,13,21H,11H2,(H,26,27)/t21-/m0/s1. The highest BCUT2D eigenvalue weighted by Crippen LogP contribution is 2.23. The van der Waals surface area contributed by atoms with Crippen molar-refractivity contribution in [2.75, 3.05) is 0 Å². The summed E-state index contributed by atoms with van der Waals surface area (Å²) in [6.07, 6.45) is 1.75. The van der Waals surface area contributed by atoms with Crippen LogP contribution in [0.4, 0.5) is 0 Å². The van der Waals surface area contributed by atoms with Crippen LogP contribution >= 0.6 is 23.2 Å². The van der Waals surface area contributed by atoms with E-state index in [0.717, 1.165) is 11.1 Å². The number of carbonyl (C=O) groups excluding carboxylic acids is 1. The van der Waals surface area contributed by atoms with Crippen molar-refractivity contribution in [2.45, 2.75) is 12.5 Å². The Morgan fingerprint density at radius 3 is 2.26 bits per heavy atom. The summed E-state index contributed by atoms with van der Waals surface area (Å²) in [4.78, 5) is 16.9. The largest absolute Gasteiger partial charge is 0.343 e. The number of aromatic nitrogens is 1. The minimum absolute atomic E-state index is 0.156. The van der Waals surface area contributed by atoms with Gasteiger partial charge in [-0.25, -0.2) is 0 Å². The second-order valence-corrected chi connectivity index (χ2v) is 6.81. The Bertz CT molecular complexity index is 917. The minimum atomic E-state index is -0.426. The molecule has 1 N–H and O–H groups in total. The quantitative estimate of drug-likeness (QED) is 0.680. The Labute approximate surface area is 167 Å². The zero-order valence-corrected chi connectivity index (χ0v) is 15.7. The number of hydrogen-bond donors (Lipinski definition) is 1. The van der Waals surface area contributed by atoms with Crippen LogP contribution < -0.4 is 5.32 Å². The molecule has 3 rings (SSSR count). The number of benzene rings is 2. The van der Waals surface area contributed by atoms with Crippen molar-refractivity contribution in [1.29, 1.82) is 5.26 Å². The molecule has 0 spiro atoms. The number of hydrogen-bond acceptors (Lipinski definition) is 3. The lowest BCUT2D eigenvalue weighted by Crippen LogP contribution is -2.31. The Balaban J connectivity index is 1.81. The van der Waals surface area contributed by atoms with E-state index in [1.165, 1.54) is 0 Å². The number of nitrogens with zero attached hydrogens (tertiary/aromatic N) is 2. The van der Waals surface area contributed by atoms with Gasteiger partial charge in [-0.15, -0.1) is 0 Å². The van der Waals surface area contributed by atoms with Crippen molar-refractivity contribution < 1.29 is 4.79 Å². The van der Waals surface area contributed by atoms with Gasteiger partial charge >= 0.3 is 0 Å². The highest BCUT2D eigenvalue weighted by Gasteiger charge is 2.18. The van der Waals surface area contributed by atoms with Crippen LogP contribution in [0.1, 0.15) is 28.4 Å². The van der Waals surface area contributed by atoms with Crippen molar-refractivity contribution in [3.63, 3.8) is 0 Å². The molecule has 0 aliphatic carbocycles. The summed E-state index contributed by atoms with van der Waals surface area (Å²) in [6.45, 7) is 0. The maximum atomic E-state index is 12.6. The summed E-state index contributed by atoms with van der Waals surface area (Å²) in [5, 5.41) is 13.0. The molecule has 2 aromatic carbocycles. The predicted octanol–water partition coefficient (Wildman–Crippen LogP) is 4.71. The molecule has 0 fully saturated rings. The number of carbonyl (C=O) groups is 1. The van der Waals surface area contributed by atoms with E-state index in [0.29, 0.717) is 21.3 Å². The lowest BCUT2D eigenvalue weighted by Gasteiger charge is -2.19. The van der Waals surface area contributed by atoms with Crippen LogP contribution in [-0.2, 0) is 11.2 Å². The van der Waals surface area contributed by atoms with E-state index in [1.807, 2.05) is 12.1 Å². The third-order valence-electron chi connectivity index (χ3n) is 4.00. The van der Waals surface area contributed by atoms with Gasteiger partial charge in [0.25, 0.3) is 0 Å². The van der Waals surface area contributed by atoms with E-state index in [4.69, 9.17) is 28.5 Å². The molecule has 1 aromatic heterocycles. The number of nitrogens with one attached hydrogen (secondary N) is 1. The first-order valence-electron chi connectivity index (χ1n) is 8.20. The van der Waals surface area contributed by atoms with Gasteiger partial charge in [0.05, 0.1) is 34.8 Å². The van der Waals surface area contributed by atoms with E-state index in [-0.39, 0.29) is 12.3 Å². The van der Waals surface area contributed by atoms with Crippen molar-refractivity contribution in [2.24, 2.45) is 0 Å². The van der Waals surface area contributed by atoms with Crippen LogP contribution in [0.3, 0.4) is 0 Å². The first-order chi connectivity index (χ1) is 13.0. The zero-order valence-electron chi connectivity index (χ0n) is 14.2. The fourth-order valence-corrected chi connectivity index (χ4v) is 2.87. The lowest BCUT2D eigenvalue weighted by atomic mass is 10.0. The van der Waals surface area contributed by atoms with E-state index < -0.39 is 6.04 Å². The molecule has 0 aliphatic rings. The topological polar surface area (TPSA) is 65.8 Å². The summed E-state index contributed by atoms with van der Waals surface area (Å²) in [5.74, 6) is -0.156. The fourth-order valence-electron chi connectivity index (χ4n) is 2.64. The summed E-state index contributed by atoms with van der Waals surface area (Å²) in [6, 6.07) is 19.3. The summed E-state index contributed by atoms with van der Waals surface area (Å²) < 4.78 is 0. The molecule has 0 saturated heterocycles. The highest BCUT2D eigenvalue weighted by atomic mass is 35.5. The summed E-state index contributed by atoms with van der Waals surface area (Å²) in [7, 11) is 0. The van der Waals surface area contributed by atoms with Crippen LogP contribution in [0.2, 0.25) is 10.0 Å². The molecular formula is C21H15Cl2N3O. The maximum absolute atomic E-state index is 12.6. The third kappa shape index (κ3) is 5.07. The maximum Gasteiger partial charge on any atom is 0.225 e. The Kier molecular flexibility index (Phi) is 6.08. The fraction of sp³-hybridized carbons (Fsp3) is 0.0952. The molecular weight excluding hydrogens is 381 g/mol. The smallest absolute Gasteiger partial charge is 0.225 e. The number of pyridine rings is 1. The van der Waals surface area contributed by atoms with Gasteiger partial charge in [-0.3, -0.25) is 9.78 Å². The number of amides is 1. The first-order valence-corrected chi connectivity index (χ1v) is 8.96. The van der Waals surface area contributed by atoms with E-state index in [9.17, 15) is 4.79 Å². The van der Waals surface area contributed by atoms with Gasteiger partial charge in [0.15, 0.2) is 0 Å². The van der Waals surface area contributed by atoms with Gasteiger partial charge < -0.3 is 5.32 Å². The van der Waals surface area contributed by atoms with Crippen molar-refractivity contribution in [3.05, 3.63) is 99.3 Å². The van der Waals surface area contributed by atoms with Crippen LogP contribution in [0.5, 0.6) is 0 Å². The van der Waals surface area contributed by atoms with E-state index in [1.54, 1.807) is 54.7 Å². The average molecular weight is 396 g/mol. The van der Waals surface area contributed by atoms with Crippen LogP contribution in [0.25, 0.3) is 0 Å². The number of halogens is 2. The molecule has 3 aromatic rings. The van der Waals surface area contributed by atoms with Crippen LogP contribution in [0.15, 0.2) is 66.9 Å². The molecule has 27 heavy (non-hydrogen) atoms. The Morgan fingerprint density at radius 2 is 1.67 bits per heavy atom. The number of rotatable bonds is 5. The SMILES string of the molecule is N#Cc1ccc(CC(=O)N[C@@H](c2ccc(Cl)cc2)c2ccc(Cl)cn2)cc1. The van der Waals surface area contributed by atoms with E-state index >= 15 is 0 Å². The van der Waals surface area contributed by atoms with Gasteiger partial charge in [-0.2, -0.15) is 5.26 Å². The van der Waals surface area contributed by atoms with Crippen LogP contribution in [-0.4, -0.2) is 10.9 Å². The molecule has 1 heterocycles. The lowest BCUT2D eigenvalue weighted by molar-refractivity contribution is -0.120. The Hall–Kier alpha value is -2.87. The summed E-state index contributed by atoms with van der Waals surface area (Å²) >= 11 is 11.9. The van der Waals surface area contributed by atoms with Crippen LogP contribution in [0, 0.1) is 11.3 Å². The molecule has 134 valence electrons. The van der Waals surface area contributed by atoms with Gasteiger partial charge in [0.2, 0.25) is 5.91 Å². The van der Waals surface area contributed by atoms with Gasteiger partial charge in [0.1, 0.15) is 0 Å². The number of nitriles is 1. The summed E-state index contributed by atoms with van der Waals surface area (Å²) in [5.41, 5.74) is 2.92. The molecule has 4 nitrogen and oxygen atoms in total. The second kappa shape index (κ2) is 8.68. The molecule has 1 amide bonds. The van der Waals surface area contributed by atoms with Gasteiger partial charge in [-0.05, 0) is 47.5 Å². The minimum Gasteiger partial charge on any atom is -0.343 e. The zero-order chi connectivity index (χ0) is 19.2. The van der Waals surface area contributed by atoms with Gasteiger partial charge in [-0.1, -0.05) is 47.5 Å². The molecule has 1 atom stereocenters. The third-order valence-corrected chi connectivity index (χ3v) is 4.48. The Morgan fingerprint density at radius 1 is 1.00 bits per heavy atom. The second-order valence-electron chi connectivity index (χ2n) is 5.94. The van der Waals surface area contributed by atoms with E-state index in [2.05, 4.69) is 16.4 Å². The molecule has 0 unspecified atom stereocenters. The molecule has 0 radical (unpaired) electrons. The molecule has 0 saturated carbocycles. The monoisotopic (exact) mass is 395 g/mol. The average Bonchev–Trinajstić information content (AvgIpc) is 2.68. The van der Waals surface area contributed by atoms with Crippen molar-refractivity contribution >= 4 is 29.1 Å². The molecule has 0 aliphatic heterocycles.